The van der Waals surface area contributed by atoms with Crippen molar-refractivity contribution in [3.8, 4) is 5.69 Å². The first-order valence-corrected chi connectivity index (χ1v) is 10.8. The highest BCUT2D eigenvalue weighted by molar-refractivity contribution is 8.00. The number of aromatic nitrogens is 2. The predicted octanol–water partition coefficient (Wildman–Crippen LogP) is 5.28. The minimum atomic E-state index is -0.181. The molecule has 0 fully saturated rings. The summed E-state index contributed by atoms with van der Waals surface area (Å²) in [5.41, 5.74) is 5.13. The molecule has 0 saturated heterocycles. The van der Waals surface area contributed by atoms with Gasteiger partial charge in [-0.3, -0.25) is 9.36 Å². The summed E-state index contributed by atoms with van der Waals surface area (Å²) in [6.07, 6.45) is 0. The summed E-state index contributed by atoms with van der Waals surface area (Å²) in [4.78, 5) is 19.5. The lowest BCUT2D eigenvalue weighted by Gasteiger charge is -2.20. The van der Waals surface area contributed by atoms with E-state index in [2.05, 4.69) is 5.53 Å². The molecule has 3 aromatic carbocycles. The highest BCUT2D eigenvalue weighted by Crippen LogP contribution is 2.39. The molecule has 0 aliphatic carbocycles. The van der Waals surface area contributed by atoms with E-state index < -0.39 is 0 Å². The van der Waals surface area contributed by atoms with E-state index in [1.54, 1.807) is 21.1 Å². The molecule has 1 aliphatic rings. The van der Waals surface area contributed by atoms with Gasteiger partial charge in [-0.05, 0) is 49.4 Å². The zero-order valence-corrected chi connectivity index (χ0v) is 18.1. The molecule has 0 unspecified atom stereocenters. The van der Waals surface area contributed by atoms with Crippen LogP contribution in [0.5, 0.6) is 0 Å². The number of nitrogens with zero attached hydrogens (tertiary/aromatic N) is 4. The first kappa shape index (κ1) is 19.7. The third-order valence-electron chi connectivity index (χ3n) is 4.84. The Morgan fingerprint density at radius 2 is 1.58 bits per heavy atom. The van der Waals surface area contributed by atoms with E-state index in [1.807, 2.05) is 84.7 Å². The van der Waals surface area contributed by atoms with Crippen LogP contribution < -0.4 is 20.5 Å². The predicted molar refractivity (Wildman–Crippen MR) is 126 cm³/mol. The number of hydrogen-bond donors (Lipinski definition) is 1. The fourth-order valence-electron chi connectivity index (χ4n) is 3.46. The number of para-hydroxylation sites is 1. The summed E-state index contributed by atoms with van der Waals surface area (Å²) in [5, 5.41) is 2.38. The highest BCUT2D eigenvalue weighted by Gasteiger charge is 2.34. The van der Waals surface area contributed by atoms with E-state index in [9.17, 15) is 4.79 Å². The molecular weight excluding hydrogens is 430 g/mol. The molecule has 4 aromatic rings. The van der Waals surface area contributed by atoms with Gasteiger partial charge in [-0.15, -0.1) is 5.53 Å². The zero-order valence-electron chi connectivity index (χ0n) is 16.6. The zero-order chi connectivity index (χ0) is 21.4. The van der Waals surface area contributed by atoms with Crippen LogP contribution in [-0.2, 0) is 0 Å². The van der Waals surface area contributed by atoms with Gasteiger partial charge < -0.3 is 0 Å². The van der Waals surface area contributed by atoms with E-state index in [0.29, 0.717) is 28.0 Å². The topological polar surface area (TPSA) is 53.4 Å². The SMILES string of the molecule is Cc1nc2c(c(=O)n1-c1cccc(Cl)c1)N(Sc1ccccc1)NN2c1ccccc1. The Balaban J connectivity index is 1.68. The molecule has 0 saturated carbocycles. The molecule has 0 bridgehead atoms. The molecule has 1 aromatic heterocycles. The van der Waals surface area contributed by atoms with E-state index >= 15 is 0 Å². The largest absolute Gasteiger partial charge is 0.286 e. The second kappa shape index (κ2) is 8.11. The fourth-order valence-corrected chi connectivity index (χ4v) is 4.50. The van der Waals surface area contributed by atoms with Crippen molar-refractivity contribution in [3.63, 3.8) is 0 Å². The summed E-state index contributed by atoms with van der Waals surface area (Å²) in [6, 6.07) is 26.9. The first-order valence-electron chi connectivity index (χ1n) is 9.66. The number of rotatable bonds is 4. The standard InChI is InChI=1S/C23H18ClN5OS/c1-16-25-22-21(23(30)27(16)19-12-8-9-17(24)15-19)29(31-20-13-6-3-7-14-20)26-28(22)18-10-4-2-5-11-18/h2-15,26H,1H3. The van der Waals surface area contributed by atoms with Crippen molar-refractivity contribution in [3.05, 3.63) is 106 Å². The van der Waals surface area contributed by atoms with Crippen LogP contribution in [0.3, 0.4) is 0 Å². The van der Waals surface area contributed by atoms with Crippen molar-refractivity contribution in [1.29, 1.82) is 0 Å². The fraction of sp³-hybridized carbons (Fsp3) is 0.0435. The molecule has 0 radical (unpaired) electrons. The molecule has 8 heteroatoms. The van der Waals surface area contributed by atoms with E-state index in [1.165, 1.54) is 11.9 Å². The molecule has 6 nitrogen and oxygen atoms in total. The minimum absolute atomic E-state index is 0.181. The summed E-state index contributed by atoms with van der Waals surface area (Å²) in [6.45, 7) is 1.82. The summed E-state index contributed by atoms with van der Waals surface area (Å²) >= 11 is 7.61. The van der Waals surface area contributed by atoms with Crippen LogP contribution in [0.1, 0.15) is 5.82 Å². The molecule has 154 valence electrons. The Labute approximate surface area is 188 Å². The quantitative estimate of drug-likeness (QED) is 0.429. The molecule has 0 atom stereocenters. The average Bonchev–Trinajstić information content (AvgIpc) is 3.13. The van der Waals surface area contributed by atoms with Crippen molar-refractivity contribution in [2.45, 2.75) is 11.8 Å². The summed E-state index contributed by atoms with van der Waals surface area (Å²) in [5.74, 6) is 1.12. The maximum atomic E-state index is 13.7. The normalized spacial score (nSPS) is 12.8. The van der Waals surface area contributed by atoms with Gasteiger partial charge in [-0.25, -0.2) is 14.4 Å². The Morgan fingerprint density at radius 3 is 2.29 bits per heavy atom. The maximum absolute atomic E-state index is 13.7. The van der Waals surface area contributed by atoms with Gasteiger partial charge in [0, 0.05) is 21.9 Å². The van der Waals surface area contributed by atoms with Gasteiger partial charge in [0.1, 0.15) is 5.82 Å². The lowest BCUT2D eigenvalue weighted by molar-refractivity contribution is 0.801. The second-order valence-corrected chi connectivity index (χ2v) is 8.38. The van der Waals surface area contributed by atoms with Gasteiger partial charge in [0.15, 0.2) is 11.5 Å². The van der Waals surface area contributed by atoms with E-state index in [4.69, 9.17) is 16.6 Å². The van der Waals surface area contributed by atoms with Crippen molar-refractivity contribution in [2.24, 2.45) is 0 Å². The summed E-state index contributed by atoms with van der Waals surface area (Å²) in [7, 11) is 0. The molecule has 2 heterocycles. The molecule has 1 N–H and O–H groups in total. The lowest BCUT2D eigenvalue weighted by atomic mass is 10.3. The number of benzene rings is 3. The van der Waals surface area contributed by atoms with Crippen LogP contribution in [0.15, 0.2) is 94.6 Å². The maximum Gasteiger partial charge on any atom is 0.286 e. The molecule has 0 amide bonds. The highest BCUT2D eigenvalue weighted by atomic mass is 35.5. The Bertz CT molecular complexity index is 1300. The number of fused-ring (bicyclic) bond motifs is 1. The molecular formula is C23H18ClN5OS. The third-order valence-corrected chi connectivity index (χ3v) is 6.00. The number of hydrogen-bond acceptors (Lipinski definition) is 6. The van der Waals surface area contributed by atoms with Crippen molar-refractivity contribution in [1.82, 2.24) is 15.1 Å². The van der Waals surface area contributed by atoms with Crippen LogP contribution in [0.4, 0.5) is 17.2 Å². The number of anilines is 3. The first-order chi connectivity index (χ1) is 15.1. The van der Waals surface area contributed by atoms with Crippen LogP contribution in [0, 0.1) is 6.92 Å². The van der Waals surface area contributed by atoms with Gasteiger partial charge >= 0.3 is 0 Å². The summed E-state index contributed by atoms with van der Waals surface area (Å²) < 4.78 is 3.34. The van der Waals surface area contributed by atoms with Gasteiger partial charge in [0.2, 0.25) is 0 Å². The number of aryl methyl sites for hydroxylation is 1. The lowest BCUT2D eigenvalue weighted by Crippen LogP contribution is -2.38. The molecule has 31 heavy (non-hydrogen) atoms. The average molecular weight is 448 g/mol. The van der Waals surface area contributed by atoms with Crippen LogP contribution in [0.25, 0.3) is 5.69 Å². The van der Waals surface area contributed by atoms with Crippen molar-refractivity contribution in [2.75, 3.05) is 9.42 Å². The van der Waals surface area contributed by atoms with Crippen molar-refractivity contribution >= 4 is 40.7 Å². The van der Waals surface area contributed by atoms with E-state index in [-0.39, 0.29) is 5.56 Å². The van der Waals surface area contributed by atoms with Gasteiger partial charge in [-0.2, -0.15) is 0 Å². The van der Waals surface area contributed by atoms with Crippen LogP contribution in [-0.4, -0.2) is 9.55 Å². The Morgan fingerprint density at radius 1 is 0.903 bits per heavy atom. The molecule has 1 aliphatic heterocycles. The minimum Gasteiger partial charge on any atom is -0.266 e. The number of halogens is 1. The monoisotopic (exact) mass is 447 g/mol. The second-order valence-electron chi connectivity index (χ2n) is 6.92. The smallest absolute Gasteiger partial charge is 0.266 e. The number of hydrazine groups is 2. The Hall–Kier alpha value is -3.26. The van der Waals surface area contributed by atoms with Crippen molar-refractivity contribution < 1.29 is 0 Å². The Kier molecular flexibility index (Phi) is 5.15. The molecule has 0 spiro atoms. The van der Waals surface area contributed by atoms with Gasteiger partial charge in [0.25, 0.3) is 5.56 Å². The van der Waals surface area contributed by atoms with E-state index in [0.717, 1.165) is 10.6 Å². The number of nitrogens with one attached hydrogen (secondary N) is 1. The van der Waals surface area contributed by atoms with Crippen LogP contribution >= 0.6 is 23.5 Å². The third kappa shape index (κ3) is 3.67. The van der Waals surface area contributed by atoms with Crippen LogP contribution in [0.2, 0.25) is 5.02 Å². The van der Waals surface area contributed by atoms with Gasteiger partial charge in [0.05, 0.1) is 11.4 Å². The molecule has 5 rings (SSSR count). The van der Waals surface area contributed by atoms with Gasteiger partial charge in [-0.1, -0.05) is 54.1 Å².